The molecule has 6 nitrogen and oxygen atoms in total. The fourth-order valence-electron chi connectivity index (χ4n) is 3.99. The second-order valence-corrected chi connectivity index (χ2v) is 7.99. The number of anilines is 1. The molecule has 0 unspecified atom stereocenters. The lowest BCUT2D eigenvalue weighted by molar-refractivity contribution is -0.123. The van der Waals surface area contributed by atoms with Gasteiger partial charge in [0.1, 0.15) is 11.5 Å². The summed E-state index contributed by atoms with van der Waals surface area (Å²) in [6, 6.07) is 10.1. The van der Waals surface area contributed by atoms with E-state index in [2.05, 4.69) is 20.5 Å². The van der Waals surface area contributed by atoms with Crippen LogP contribution in [0.4, 0.5) is 10.1 Å². The van der Waals surface area contributed by atoms with Crippen LogP contribution in [0.2, 0.25) is 0 Å². The zero-order chi connectivity index (χ0) is 20.4. The van der Waals surface area contributed by atoms with Crippen LogP contribution in [-0.2, 0) is 11.2 Å². The Balaban J connectivity index is 1.42. The van der Waals surface area contributed by atoms with E-state index in [9.17, 15) is 14.0 Å². The lowest BCUT2D eigenvalue weighted by atomic mass is 10.0. The van der Waals surface area contributed by atoms with E-state index >= 15 is 0 Å². The monoisotopic (exact) mass is 396 g/mol. The Hall–Kier alpha value is -2.96. The number of benzene rings is 1. The van der Waals surface area contributed by atoms with Crippen molar-refractivity contribution in [3.63, 3.8) is 0 Å². The molecule has 1 aliphatic heterocycles. The molecule has 0 spiro atoms. The minimum absolute atomic E-state index is 0.0357. The third kappa shape index (κ3) is 4.39. The van der Waals surface area contributed by atoms with Crippen molar-refractivity contribution in [3.05, 3.63) is 59.7 Å². The Labute approximate surface area is 169 Å². The predicted octanol–water partition coefficient (Wildman–Crippen LogP) is 2.30. The fourth-order valence-corrected chi connectivity index (χ4v) is 3.99. The number of hydrogen-bond acceptors (Lipinski definition) is 4. The molecule has 1 atom stereocenters. The quantitative estimate of drug-likeness (QED) is 0.786. The fraction of sp³-hybridized carbons (Fsp3) is 0.409. The maximum atomic E-state index is 13.5. The molecule has 2 fully saturated rings. The molecular weight excluding hydrogens is 371 g/mol. The Morgan fingerprint density at radius 1 is 1.28 bits per heavy atom. The molecule has 2 aromatic rings. The Kier molecular flexibility index (Phi) is 5.22. The molecular formula is C22H25FN4O2. The maximum Gasteiger partial charge on any atom is 0.270 e. The highest BCUT2D eigenvalue weighted by Gasteiger charge is 2.44. The summed E-state index contributed by atoms with van der Waals surface area (Å²) < 4.78 is 13.5. The van der Waals surface area contributed by atoms with E-state index in [1.807, 2.05) is 12.1 Å². The number of halogens is 1. The number of aromatic nitrogens is 1. The molecule has 2 aliphatic rings. The number of rotatable bonds is 6. The van der Waals surface area contributed by atoms with Gasteiger partial charge in [0.15, 0.2) is 0 Å². The van der Waals surface area contributed by atoms with Crippen LogP contribution in [0, 0.1) is 11.7 Å². The van der Waals surface area contributed by atoms with Crippen LogP contribution in [0.1, 0.15) is 35.3 Å². The third-order valence-corrected chi connectivity index (χ3v) is 5.81. The summed E-state index contributed by atoms with van der Waals surface area (Å²) >= 11 is 0. The highest BCUT2D eigenvalue weighted by Crippen LogP contribution is 2.39. The lowest BCUT2D eigenvalue weighted by Gasteiger charge is -2.20. The van der Waals surface area contributed by atoms with Gasteiger partial charge in [-0.25, -0.2) is 4.39 Å². The summed E-state index contributed by atoms with van der Waals surface area (Å²) in [4.78, 5) is 31.0. The van der Waals surface area contributed by atoms with E-state index in [4.69, 9.17) is 0 Å². The second-order valence-electron chi connectivity index (χ2n) is 7.99. The number of amides is 2. The lowest BCUT2D eigenvalue weighted by Crippen LogP contribution is -2.39. The van der Waals surface area contributed by atoms with Crippen molar-refractivity contribution >= 4 is 17.5 Å². The summed E-state index contributed by atoms with van der Waals surface area (Å²) in [6.45, 7) is 1.40. The number of nitrogens with zero attached hydrogens (tertiary/aromatic N) is 2. The van der Waals surface area contributed by atoms with Gasteiger partial charge in [0, 0.05) is 37.6 Å². The summed E-state index contributed by atoms with van der Waals surface area (Å²) in [5.74, 6) is -0.471. The maximum absolute atomic E-state index is 13.5. The summed E-state index contributed by atoms with van der Waals surface area (Å²) in [7, 11) is 1.65. The topological polar surface area (TPSA) is 74.3 Å². The van der Waals surface area contributed by atoms with Gasteiger partial charge in [0.05, 0.1) is 5.92 Å². The molecule has 1 aliphatic carbocycles. The van der Waals surface area contributed by atoms with Gasteiger partial charge in [0.2, 0.25) is 5.91 Å². The molecule has 4 rings (SSSR count). The van der Waals surface area contributed by atoms with E-state index in [0.29, 0.717) is 18.7 Å². The number of nitrogens with one attached hydrogen (secondary N) is 2. The SMILES string of the molecule is CNC(=O)[C@H]1CCN(c2ccnc(C(=O)NC3(Cc4cccc(F)c4)CC3)c2)C1. The average Bonchev–Trinajstić information content (AvgIpc) is 3.28. The minimum Gasteiger partial charge on any atom is -0.371 e. The van der Waals surface area contributed by atoms with Crippen LogP contribution in [0.25, 0.3) is 0 Å². The van der Waals surface area contributed by atoms with Crippen molar-refractivity contribution < 1.29 is 14.0 Å². The van der Waals surface area contributed by atoms with Crippen molar-refractivity contribution in [1.82, 2.24) is 15.6 Å². The molecule has 29 heavy (non-hydrogen) atoms. The van der Waals surface area contributed by atoms with E-state index in [1.54, 1.807) is 25.4 Å². The first-order valence-corrected chi connectivity index (χ1v) is 9.98. The molecule has 7 heteroatoms. The van der Waals surface area contributed by atoms with Crippen LogP contribution in [0.3, 0.4) is 0 Å². The first-order chi connectivity index (χ1) is 14.0. The Morgan fingerprint density at radius 2 is 2.10 bits per heavy atom. The van der Waals surface area contributed by atoms with Gasteiger partial charge in [-0.3, -0.25) is 14.6 Å². The van der Waals surface area contributed by atoms with Gasteiger partial charge in [-0.15, -0.1) is 0 Å². The van der Waals surface area contributed by atoms with Crippen molar-refractivity contribution in [1.29, 1.82) is 0 Å². The number of carbonyl (C=O) groups excluding carboxylic acids is 2. The average molecular weight is 396 g/mol. The first-order valence-electron chi connectivity index (χ1n) is 9.98. The van der Waals surface area contributed by atoms with Crippen LogP contribution in [0.15, 0.2) is 42.6 Å². The van der Waals surface area contributed by atoms with Crippen molar-refractivity contribution in [2.45, 2.75) is 31.2 Å². The molecule has 0 bridgehead atoms. The highest BCUT2D eigenvalue weighted by molar-refractivity contribution is 5.94. The standard InChI is InChI=1S/C22H25FN4O2/c1-24-20(28)16-6-10-27(14-16)18-5-9-25-19(12-18)21(29)26-22(7-8-22)13-15-3-2-4-17(23)11-15/h2-5,9,11-12,16H,6-8,10,13-14H2,1H3,(H,24,28)(H,26,29)/t16-/m0/s1. The third-order valence-electron chi connectivity index (χ3n) is 5.81. The van der Waals surface area contributed by atoms with Crippen LogP contribution < -0.4 is 15.5 Å². The van der Waals surface area contributed by atoms with E-state index < -0.39 is 0 Å². The Morgan fingerprint density at radius 3 is 2.83 bits per heavy atom. The van der Waals surface area contributed by atoms with E-state index in [0.717, 1.165) is 37.1 Å². The summed E-state index contributed by atoms with van der Waals surface area (Å²) in [5.41, 5.74) is 1.81. The molecule has 1 aromatic heterocycles. The molecule has 0 radical (unpaired) electrons. The van der Waals surface area contributed by atoms with Crippen LogP contribution >= 0.6 is 0 Å². The van der Waals surface area contributed by atoms with Gasteiger partial charge in [-0.1, -0.05) is 12.1 Å². The van der Waals surface area contributed by atoms with Gasteiger partial charge < -0.3 is 15.5 Å². The molecule has 2 N–H and O–H groups in total. The van der Waals surface area contributed by atoms with Crippen molar-refractivity contribution in [2.75, 3.05) is 25.0 Å². The minimum atomic E-state index is -0.319. The van der Waals surface area contributed by atoms with Gasteiger partial charge in [-0.2, -0.15) is 0 Å². The molecule has 1 saturated carbocycles. The summed E-state index contributed by atoms with van der Waals surface area (Å²) in [6.07, 6.45) is 4.77. The highest BCUT2D eigenvalue weighted by atomic mass is 19.1. The van der Waals surface area contributed by atoms with Gasteiger partial charge in [0.25, 0.3) is 5.91 Å². The normalized spacial score (nSPS) is 19.7. The largest absolute Gasteiger partial charge is 0.371 e. The van der Waals surface area contributed by atoms with Gasteiger partial charge in [-0.05, 0) is 55.5 Å². The summed E-state index contributed by atoms with van der Waals surface area (Å²) in [5, 5.41) is 5.80. The van der Waals surface area contributed by atoms with Crippen LogP contribution in [0.5, 0.6) is 0 Å². The molecule has 152 valence electrons. The van der Waals surface area contributed by atoms with Crippen molar-refractivity contribution in [3.8, 4) is 0 Å². The van der Waals surface area contributed by atoms with Crippen molar-refractivity contribution in [2.24, 2.45) is 5.92 Å². The number of hydrogen-bond donors (Lipinski definition) is 2. The zero-order valence-electron chi connectivity index (χ0n) is 16.5. The predicted molar refractivity (Wildman–Crippen MR) is 108 cm³/mol. The second kappa shape index (κ2) is 7.81. The smallest absolute Gasteiger partial charge is 0.270 e. The number of carbonyl (C=O) groups is 2. The van der Waals surface area contributed by atoms with Crippen LogP contribution in [-0.4, -0.2) is 42.5 Å². The number of pyridine rings is 1. The first kappa shape index (κ1) is 19.4. The molecule has 1 aromatic carbocycles. The van der Waals surface area contributed by atoms with E-state index in [1.165, 1.54) is 12.1 Å². The molecule has 2 amide bonds. The Bertz CT molecular complexity index is 929. The van der Waals surface area contributed by atoms with Gasteiger partial charge >= 0.3 is 0 Å². The molecule has 1 saturated heterocycles. The van der Waals surface area contributed by atoms with E-state index in [-0.39, 0.29) is 29.1 Å². The zero-order valence-corrected chi connectivity index (χ0v) is 16.5. The molecule has 2 heterocycles.